The van der Waals surface area contributed by atoms with E-state index < -0.39 is 0 Å². The Balaban J connectivity index is 1.24. The van der Waals surface area contributed by atoms with Gasteiger partial charge in [-0.1, -0.05) is 12.1 Å². The summed E-state index contributed by atoms with van der Waals surface area (Å²) >= 11 is 0. The summed E-state index contributed by atoms with van der Waals surface area (Å²) in [5.74, 6) is 0.261. The Kier molecular flexibility index (Phi) is 5.96. The number of hydrogen-bond acceptors (Lipinski definition) is 5. The Bertz CT molecular complexity index is 941. The third-order valence-electron chi connectivity index (χ3n) is 7.06. The highest BCUT2D eigenvalue weighted by Crippen LogP contribution is 2.33. The van der Waals surface area contributed by atoms with E-state index in [2.05, 4.69) is 39.9 Å². The highest BCUT2D eigenvalue weighted by molar-refractivity contribution is 6.00. The standard InChI is InChI=1S/C24H32N4O3/c29-23-5-4-22(24(30)26-23)28-14-18-2-1-3-21(20(18)15-28)27-12-8-17(9-13-27)16-31-19-6-10-25-11-7-19/h1-3,14-15,17,19,22,25H,4-13,16H2,(H,26,29,30). The zero-order valence-corrected chi connectivity index (χ0v) is 18.0. The van der Waals surface area contributed by atoms with Crippen molar-refractivity contribution in [2.45, 2.75) is 50.7 Å². The molecule has 0 bridgehead atoms. The molecule has 1 atom stereocenters. The zero-order valence-electron chi connectivity index (χ0n) is 18.0. The van der Waals surface area contributed by atoms with E-state index in [9.17, 15) is 9.59 Å². The molecule has 3 aliphatic heterocycles. The van der Waals surface area contributed by atoms with Crippen LogP contribution in [0.4, 0.5) is 5.69 Å². The summed E-state index contributed by atoms with van der Waals surface area (Å²) in [6.45, 7) is 5.09. The van der Waals surface area contributed by atoms with Gasteiger partial charge in [0, 0.05) is 55.0 Å². The molecule has 3 aliphatic rings. The molecule has 4 heterocycles. The van der Waals surface area contributed by atoms with Crippen LogP contribution in [-0.4, -0.2) is 55.3 Å². The van der Waals surface area contributed by atoms with Crippen LogP contribution in [-0.2, 0) is 14.3 Å². The van der Waals surface area contributed by atoms with E-state index in [1.54, 1.807) is 0 Å². The minimum Gasteiger partial charge on any atom is -0.378 e. The second-order valence-electron chi connectivity index (χ2n) is 9.17. The van der Waals surface area contributed by atoms with Crippen LogP contribution in [0.1, 0.15) is 44.6 Å². The number of carbonyl (C=O) groups excluding carboxylic acids is 2. The number of fused-ring (bicyclic) bond motifs is 1. The summed E-state index contributed by atoms with van der Waals surface area (Å²) < 4.78 is 8.18. The third-order valence-corrected chi connectivity index (χ3v) is 7.06. The Morgan fingerprint density at radius 2 is 1.81 bits per heavy atom. The minimum absolute atomic E-state index is 0.175. The van der Waals surface area contributed by atoms with Crippen molar-refractivity contribution >= 4 is 28.3 Å². The first-order valence-corrected chi connectivity index (χ1v) is 11.7. The lowest BCUT2D eigenvalue weighted by Crippen LogP contribution is -2.41. The molecule has 2 amide bonds. The van der Waals surface area contributed by atoms with Crippen LogP contribution in [0, 0.1) is 5.92 Å². The molecule has 0 saturated carbocycles. The van der Waals surface area contributed by atoms with E-state index in [4.69, 9.17) is 4.74 Å². The van der Waals surface area contributed by atoms with Crippen LogP contribution in [0.2, 0.25) is 0 Å². The zero-order chi connectivity index (χ0) is 21.2. The first kappa shape index (κ1) is 20.5. The minimum atomic E-state index is -0.309. The van der Waals surface area contributed by atoms with E-state index in [0.29, 0.717) is 24.9 Å². The van der Waals surface area contributed by atoms with Gasteiger partial charge in [0.15, 0.2) is 0 Å². The van der Waals surface area contributed by atoms with Gasteiger partial charge in [0.2, 0.25) is 11.8 Å². The number of imide groups is 1. The molecule has 5 rings (SSSR count). The van der Waals surface area contributed by atoms with E-state index in [1.807, 2.05) is 10.8 Å². The molecule has 1 aromatic carbocycles. The van der Waals surface area contributed by atoms with Gasteiger partial charge in [-0.25, -0.2) is 0 Å². The lowest BCUT2D eigenvalue weighted by Gasteiger charge is -2.35. The number of carbonyl (C=O) groups is 2. The van der Waals surface area contributed by atoms with Crippen LogP contribution in [0.25, 0.3) is 10.8 Å². The number of nitrogens with one attached hydrogen (secondary N) is 2. The number of hydrogen-bond donors (Lipinski definition) is 2. The largest absolute Gasteiger partial charge is 0.378 e. The van der Waals surface area contributed by atoms with Crippen molar-refractivity contribution in [1.82, 2.24) is 15.2 Å². The van der Waals surface area contributed by atoms with Crippen LogP contribution in [0.5, 0.6) is 0 Å². The Labute approximate surface area is 183 Å². The fourth-order valence-electron chi connectivity index (χ4n) is 5.17. The maximum Gasteiger partial charge on any atom is 0.249 e. The highest BCUT2D eigenvalue weighted by Gasteiger charge is 2.28. The molecule has 166 valence electrons. The van der Waals surface area contributed by atoms with Gasteiger partial charge in [-0.3, -0.25) is 14.9 Å². The van der Waals surface area contributed by atoms with E-state index >= 15 is 0 Å². The quantitative estimate of drug-likeness (QED) is 0.722. The molecule has 0 spiro atoms. The SMILES string of the molecule is O=C1CCC(n2cc3cccc(N4CCC(COC5CCNCC5)CC4)c3c2)C(=O)N1. The fraction of sp³-hybridized carbons (Fsp3) is 0.583. The van der Waals surface area contributed by atoms with Gasteiger partial charge in [-0.05, 0) is 57.2 Å². The summed E-state index contributed by atoms with van der Waals surface area (Å²) in [5, 5.41) is 8.17. The number of amides is 2. The normalized spacial score (nSPS) is 24.0. The van der Waals surface area contributed by atoms with Crippen molar-refractivity contribution in [3.63, 3.8) is 0 Å². The summed E-state index contributed by atoms with van der Waals surface area (Å²) in [5.41, 5.74) is 1.24. The second-order valence-corrected chi connectivity index (χ2v) is 9.17. The van der Waals surface area contributed by atoms with Crippen LogP contribution in [0.3, 0.4) is 0 Å². The number of ether oxygens (including phenoxy) is 1. The molecule has 2 aromatic rings. The second kappa shape index (κ2) is 9.01. The predicted octanol–water partition coefficient (Wildman–Crippen LogP) is 2.60. The van der Waals surface area contributed by atoms with Crippen molar-refractivity contribution in [3.8, 4) is 0 Å². The number of rotatable bonds is 5. The number of anilines is 1. The fourth-order valence-corrected chi connectivity index (χ4v) is 5.17. The van der Waals surface area contributed by atoms with Crippen molar-refractivity contribution in [2.24, 2.45) is 5.92 Å². The number of piperidine rings is 3. The molecule has 1 aromatic heterocycles. The number of benzene rings is 1. The maximum absolute atomic E-state index is 12.3. The molecule has 0 aliphatic carbocycles. The summed E-state index contributed by atoms with van der Waals surface area (Å²) in [6.07, 6.45) is 10.1. The van der Waals surface area contributed by atoms with Crippen molar-refractivity contribution in [2.75, 3.05) is 37.7 Å². The van der Waals surface area contributed by atoms with Crippen LogP contribution < -0.4 is 15.5 Å². The smallest absolute Gasteiger partial charge is 0.249 e. The first-order valence-electron chi connectivity index (χ1n) is 11.7. The van der Waals surface area contributed by atoms with Gasteiger partial charge in [-0.2, -0.15) is 0 Å². The maximum atomic E-state index is 12.3. The summed E-state index contributed by atoms with van der Waals surface area (Å²) in [6, 6.07) is 6.07. The molecular weight excluding hydrogens is 392 g/mol. The third kappa shape index (κ3) is 4.48. The molecule has 7 heteroatoms. The van der Waals surface area contributed by atoms with E-state index in [1.165, 1.54) is 11.1 Å². The average Bonchev–Trinajstić information content (AvgIpc) is 3.23. The molecule has 7 nitrogen and oxygen atoms in total. The van der Waals surface area contributed by atoms with Crippen molar-refractivity contribution in [3.05, 3.63) is 30.6 Å². The molecule has 3 fully saturated rings. The molecule has 1 unspecified atom stereocenters. The van der Waals surface area contributed by atoms with Gasteiger partial charge < -0.3 is 19.5 Å². The molecule has 2 N–H and O–H groups in total. The molecule has 0 radical (unpaired) electrons. The monoisotopic (exact) mass is 424 g/mol. The lowest BCUT2D eigenvalue weighted by atomic mass is 9.96. The van der Waals surface area contributed by atoms with Gasteiger partial charge in [-0.15, -0.1) is 0 Å². The van der Waals surface area contributed by atoms with Gasteiger partial charge >= 0.3 is 0 Å². The van der Waals surface area contributed by atoms with Crippen molar-refractivity contribution in [1.29, 1.82) is 0 Å². The van der Waals surface area contributed by atoms with Gasteiger partial charge in [0.05, 0.1) is 6.10 Å². The van der Waals surface area contributed by atoms with Crippen molar-refractivity contribution < 1.29 is 14.3 Å². The lowest BCUT2D eigenvalue weighted by molar-refractivity contribution is -0.135. The van der Waals surface area contributed by atoms with Crippen LogP contribution >= 0.6 is 0 Å². The van der Waals surface area contributed by atoms with Gasteiger partial charge in [0.1, 0.15) is 6.04 Å². The summed E-state index contributed by atoms with van der Waals surface area (Å²) in [4.78, 5) is 26.3. The summed E-state index contributed by atoms with van der Waals surface area (Å²) in [7, 11) is 0. The number of aromatic nitrogens is 1. The molecule has 31 heavy (non-hydrogen) atoms. The highest BCUT2D eigenvalue weighted by atomic mass is 16.5. The Morgan fingerprint density at radius 1 is 1.00 bits per heavy atom. The number of nitrogens with zero attached hydrogens (tertiary/aromatic N) is 2. The molecular formula is C24H32N4O3. The average molecular weight is 425 g/mol. The molecule has 3 saturated heterocycles. The Hall–Kier alpha value is -2.38. The van der Waals surface area contributed by atoms with Gasteiger partial charge in [0.25, 0.3) is 0 Å². The topological polar surface area (TPSA) is 75.6 Å². The predicted molar refractivity (Wildman–Crippen MR) is 120 cm³/mol. The van der Waals surface area contributed by atoms with Crippen LogP contribution in [0.15, 0.2) is 30.6 Å². The van der Waals surface area contributed by atoms with E-state index in [0.717, 1.165) is 63.9 Å². The Morgan fingerprint density at radius 3 is 2.58 bits per heavy atom. The van der Waals surface area contributed by atoms with E-state index in [-0.39, 0.29) is 17.9 Å². The first-order chi connectivity index (χ1) is 15.2.